The third kappa shape index (κ3) is 8.20. The molecule has 2 amide bonds. The Morgan fingerprint density at radius 1 is 1.10 bits per heavy atom. The van der Waals surface area contributed by atoms with Crippen LogP contribution in [-0.4, -0.2) is 44.0 Å². The quantitative estimate of drug-likeness (QED) is 0.226. The van der Waals surface area contributed by atoms with Gasteiger partial charge >= 0.3 is 0 Å². The molecule has 1 heterocycles. The molecule has 1 aliphatic rings. The van der Waals surface area contributed by atoms with Gasteiger partial charge in [-0.05, 0) is 31.0 Å². The third-order valence-electron chi connectivity index (χ3n) is 4.47. The number of hydrogen-bond donors (Lipinski definition) is 3. The first-order valence-electron chi connectivity index (χ1n) is 10.0. The number of anilines is 1. The molecule has 29 heavy (non-hydrogen) atoms. The van der Waals surface area contributed by atoms with E-state index in [1.54, 1.807) is 0 Å². The maximum Gasteiger partial charge on any atom is 0.227 e. The fourth-order valence-electron chi connectivity index (χ4n) is 2.84. The number of halogens is 1. The highest BCUT2D eigenvalue weighted by molar-refractivity contribution is 14.0. The normalized spacial score (nSPS) is 14.4. The van der Waals surface area contributed by atoms with Gasteiger partial charge in [0.25, 0.3) is 0 Å². The summed E-state index contributed by atoms with van der Waals surface area (Å²) in [5.74, 6) is 0.946. The molecule has 0 bridgehead atoms. The van der Waals surface area contributed by atoms with Crippen molar-refractivity contribution in [1.82, 2.24) is 16.0 Å². The number of benzene rings is 1. The van der Waals surface area contributed by atoms with Crippen LogP contribution >= 0.6 is 24.0 Å². The number of rotatable bonds is 7. The summed E-state index contributed by atoms with van der Waals surface area (Å²) in [6, 6.07) is 7.99. The molecule has 7 nitrogen and oxygen atoms in total. The molecule has 162 valence electrons. The minimum absolute atomic E-state index is 0. The van der Waals surface area contributed by atoms with Gasteiger partial charge in [0.2, 0.25) is 11.8 Å². The molecule has 1 aromatic rings. The molecular formula is C21H34IN5O2. The van der Waals surface area contributed by atoms with Crippen molar-refractivity contribution in [3.63, 3.8) is 0 Å². The van der Waals surface area contributed by atoms with Gasteiger partial charge in [-0.1, -0.05) is 32.9 Å². The fraction of sp³-hybridized carbons (Fsp3) is 0.571. The summed E-state index contributed by atoms with van der Waals surface area (Å²) in [4.78, 5) is 30.1. The van der Waals surface area contributed by atoms with Crippen molar-refractivity contribution in [1.29, 1.82) is 0 Å². The number of nitrogens with one attached hydrogen (secondary N) is 3. The first-order valence-corrected chi connectivity index (χ1v) is 10.0. The Hall–Kier alpha value is -1.84. The van der Waals surface area contributed by atoms with Crippen LogP contribution in [0, 0.1) is 5.41 Å². The Labute approximate surface area is 191 Å². The second-order valence-electron chi connectivity index (χ2n) is 7.94. The molecule has 1 saturated heterocycles. The second kappa shape index (κ2) is 12.0. The van der Waals surface area contributed by atoms with Crippen molar-refractivity contribution in [2.24, 2.45) is 10.4 Å². The van der Waals surface area contributed by atoms with Crippen molar-refractivity contribution in [2.45, 2.75) is 47.1 Å². The van der Waals surface area contributed by atoms with E-state index >= 15 is 0 Å². The third-order valence-corrected chi connectivity index (χ3v) is 4.47. The first kappa shape index (κ1) is 25.2. The lowest BCUT2D eigenvalue weighted by molar-refractivity contribution is -0.128. The van der Waals surface area contributed by atoms with E-state index < -0.39 is 0 Å². The van der Waals surface area contributed by atoms with E-state index in [-0.39, 0.29) is 41.2 Å². The van der Waals surface area contributed by atoms with Gasteiger partial charge in [0.15, 0.2) is 5.96 Å². The zero-order valence-corrected chi connectivity index (χ0v) is 20.2. The number of guanidine groups is 1. The lowest BCUT2D eigenvalue weighted by Crippen LogP contribution is -2.43. The molecule has 1 aliphatic heterocycles. The van der Waals surface area contributed by atoms with E-state index in [0.717, 1.165) is 30.8 Å². The fourth-order valence-corrected chi connectivity index (χ4v) is 2.84. The van der Waals surface area contributed by atoms with E-state index in [4.69, 9.17) is 0 Å². The summed E-state index contributed by atoms with van der Waals surface area (Å²) in [6.45, 7) is 10.9. The SMILES string of the molecule is CCNC(=NCc1ccc(N2CCCC2=O)cc1)NCCNC(=O)C(C)(C)C.I. The predicted octanol–water partition coefficient (Wildman–Crippen LogP) is 2.65. The van der Waals surface area contributed by atoms with Gasteiger partial charge in [-0.15, -0.1) is 24.0 Å². The lowest BCUT2D eigenvalue weighted by atomic mass is 9.96. The number of carbonyl (C=O) groups excluding carboxylic acids is 2. The van der Waals surface area contributed by atoms with Crippen LogP contribution in [0.2, 0.25) is 0 Å². The summed E-state index contributed by atoms with van der Waals surface area (Å²) >= 11 is 0. The monoisotopic (exact) mass is 515 g/mol. The molecule has 8 heteroatoms. The van der Waals surface area contributed by atoms with Gasteiger partial charge in [-0.2, -0.15) is 0 Å². The van der Waals surface area contributed by atoms with Crippen LogP contribution in [0.15, 0.2) is 29.3 Å². The summed E-state index contributed by atoms with van der Waals surface area (Å²) in [7, 11) is 0. The molecule has 0 aromatic heterocycles. The van der Waals surface area contributed by atoms with Crippen molar-refractivity contribution in [2.75, 3.05) is 31.1 Å². The van der Waals surface area contributed by atoms with Crippen LogP contribution in [-0.2, 0) is 16.1 Å². The van der Waals surface area contributed by atoms with E-state index in [0.29, 0.717) is 32.0 Å². The van der Waals surface area contributed by atoms with Crippen molar-refractivity contribution in [3.8, 4) is 0 Å². The van der Waals surface area contributed by atoms with Crippen LogP contribution < -0.4 is 20.9 Å². The van der Waals surface area contributed by atoms with Gasteiger partial charge in [-0.25, -0.2) is 4.99 Å². The van der Waals surface area contributed by atoms with Gasteiger partial charge in [0, 0.05) is 43.7 Å². The Balaban J connectivity index is 0.00000420. The van der Waals surface area contributed by atoms with Crippen molar-refractivity contribution >= 4 is 47.4 Å². The van der Waals surface area contributed by atoms with Crippen LogP contribution in [0.25, 0.3) is 0 Å². The molecular weight excluding hydrogens is 481 g/mol. The minimum Gasteiger partial charge on any atom is -0.357 e. The van der Waals surface area contributed by atoms with Crippen LogP contribution in [0.5, 0.6) is 0 Å². The number of nitrogens with zero attached hydrogens (tertiary/aromatic N) is 2. The topological polar surface area (TPSA) is 85.8 Å². The zero-order valence-electron chi connectivity index (χ0n) is 17.9. The van der Waals surface area contributed by atoms with Gasteiger partial charge in [0.1, 0.15) is 0 Å². The average molecular weight is 515 g/mol. The van der Waals surface area contributed by atoms with Gasteiger partial charge in [0.05, 0.1) is 6.54 Å². The summed E-state index contributed by atoms with van der Waals surface area (Å²) in [6.07, 6.45) is 1.57. The molecule has 1 aromatic carbocycles. The van der Waals surface area contributed by atoms with Crippen molar-refractivity contribution < 1.29 is 9.59 Å². The van der Waals surface area contributed by atoms with E-state index in [9.17, 15) is 9.59 Å². The molecule has 3 N–H and O–H groups in total. The highest BCUT2D eigenvalue weighted by Gasteiger charge is 2.21. The molecule has 0 spiro atoms. The molecule has 0 atom stereocenters. The maximum absolute atomic E-state index is 11.9. The summed E-state index contributed by atoms with van der Waals surface area (Å²) in [5, 5.41) is 9.35. The predicted molar refractivity (Wildman–Crippen MR) is 129 cm³/mol. The number of hydrogen-bond acceptors (Lipinski definition) is 3. The molecule has 1 fully saturated rings. The highest BCUT2D eigenvalue weighted by Crippen LogP contribution is 2.21. The molecule has 0 saturated carbocycles. The molecule has 0 unspecified atom stereocenters. The van der Waals surface area contributed by atoms with E-state index in [2.05, 4.69) is 20.9 Å². The molecule has 0 radical (unpaired) electrons. The number of carbonyl (C=O) groups is 2. The Morgan fingerprint density at radius 3 is 2.31 bits per heavy atom. The Morgan fingerprint density at radius 2 is 1.76 bits per heavy atom. The largest absolute Gasteiger partial charge is 0.357 e. The first-order chi connectivity index (χ1) is 13.3. The van der Waals surface area contributed by atoms with Crippen LogP contribution in [0.3, 0.4) is 0 Å². The van der Waals surface area contributed by atoms with Gasteiger partial charge in [-0.3, -0.25) is 9.59 Å². The Bertz CT molecular complexity index is 698. The molecule has 0 aliphatic carbocycles. The van der Waals surface area contributed by atoms with E-state index in [1.807, 2.05) is 56.9 Å². The summed E-state index contributed by atoms with van der Waals surface area (Å²) < 4.78 is 0. The van der Waals surface area contributed by atoms with Crippen LogP contribution in [0.4, 0.5) is 5.69 Å². The zero-order chi connectivity index (χ0) is 20.6. The van der Waals surface area contributed by atoms with E-state index in [1.165, 1.54) is 0 Å². The number of amides is 2. The standard InChI is InChI=1S/C21H33N5O2.HI/c1-5-22-20(24-13-12-23-19(28)21(2,3)4)25-15-16-8-10-17(11-9-16)26-14-6-7-18(26)27;/h8-11H,5-7,12-15H2,1-4H3,(H,23,28)(H2,22,24,25);1H. The number of aliphatic imine (C=N–C) groups is 1. The van der Waals surface area contributed by atoms with Gasteiger partial charge < -0.3 is 20.9 Å². The smallest absolute Gasteiger partial charge is 0.227 e. The minimum atomic E-state index is -0.384. The Kier molecular flexibility index (Phi) is 10.4. The average Bonchev–Trinajstić information content (AvgIpc) is 3.08. The lowest BCUT2D eigenvalue weighted by Gasteiger charge is -2.18. The van der Waals surface area contributed by atoms with Crippen molar-refractivity contribution in [3.05, 3.63) is 29.8 Å². The maximum atomic E-state index is 11.9. The van der Waals surface area contributed by atoms with Crippen LogP contribution in [0.1, 0.15) is 46.1 Å². The summed E-state index contributed by atoms with van der Waals surface area (Å²) in [5.41, 5.74) is 1.65. The second-order valence-corrected chi connectivity index (χ2v) is 7.94. The highest BCUT2D eigenvalue weighted by atomic mass is 127. The molecule has 2 rings (SSSR count).